The Morgan fingerprint density at radius 1 is 1.30 bits per heavy atom. The quantitative estimate of drug-likeness (QED) is 0.657. The number of rotatable bonds is 4. The third-order valence-corrected chi connectivity index (χ3v) is 6.49. The molecule has 3 rings (SSSR count). The summed E-state index contributed by atoms with van der Waals surface area (Å²) in [5.74, 6) is -0.361. The standard InChI is InChI=1S/C18H20ClNO2S/c1-10-5-4-7-11(17(10)19)13(21)9-14(22)16-12-6-2-3-8-15(12)23-18(16)20/h4-5,7,15,18H,2-3,6,8-9,20H2,1H3. The van der Waals surface area contributed by atoms with Gasteiger partial charge in [0.25, 0.3) is 0 Å². The largest absolute Gasteiger partial charge is 0.316 e. The zero-order chi connectivity index (χ0) is 16.6. The molecular formula is C18H20ClNO2S. The van der Waals surface area contributed by atoms with Gasteiger partial charge in [0.2, 0.25) is 0 Å². The number of aryl methyl sites for hydroxylation is 1. The third kappa shape index (κ3) is 3.25. The second-order valence-electron chi connectivity index (χ2n) is 6.19. The fraction of sp³-hybridized carbons (Fsp3) is 0.444. The summed E-state index contributed by atoms with van der Waals surface area (Å²) in [6.07, 6.45) is 4.16. The molecule has 0 amide bonds. The SMILES string of the molecule is Cc1cccc(C(=O)CC(=O)C2=C3CCCCC3SC2N)c1Cl. The molecule has 0 bridgehead atoms. The normalized spacial score (nSPS) is 23.8. The lowest BCUT2D eigenvalue weighted by molar-refractivity contribution is -0.114. The van der Waals surface area contributed by atoms with Crippen LogP contribution < -0.4 is 5.73 Å². The average Bonchev–Trinajstić information content (AvgIpc) is 2.85. The molecular weight excluding hydrogens is 330 g/mol. The van der Waals surface area contributed by atoms with Crippen molar-refractivity contribution in [3.05, 3.63) is 45.5 Å². The smallest absolute Gasteiger partial charge is 0.172 e. The number of ketones is 2. The minimum Gasteiger partial charge on any atom is -0.316 e. The van der Waals surface area contributed by atoms with E-state index in [0.717, 1.165) is 24.8 Å². The number of Topliss-reactive ketones (excluding diaryl/α,β-unsaturated/α-hetero) is 2. The van der Waals surface area contributed by atoms with Crippen LogP contribution in [-0.2, 0) is 4.79 Å². The minimum absolute atomic E-state index is 0.132. The van der Waals surface area contributed by atoms with E-state index in [1.807, 2.05) is 13.0 Å². The second kappa shape index (κ2) is 6.80. The highest BCUT2D eigenvalue weighted by atomic mass is 35.5. The van der Waals surface area contributed by atoms with Crippen molar-refractivity contribution >= 4 is 34.9 Å². The molecule has 1 fully saturated rings. The fourth-order valence-corrected chi connectivity index (χ4v) is 5.12. The van der Waals surface area contributed by atoms with Crippen LogP contribution in [0.5, 0.6) is 0 Å². The van der Waals surface area contributed by atoms with Gasteiger partial charge in [-0.3, -0.25) is 9.59 Å². The maximum Gasteiger partial charge on any atom is 0.172 e. The van der Waals surface area contributed by atoms with Crippen molar-refractivity contribution in [2.24, 2.45) is 5.73 Å². The lowest BCUT2D eigenvalue weighted by Crippen LogP contribution is -2.23. The monoisotopic (exact) mass is 349 g/mol. The van der Waals surface area contributed by atoms with Gasteiger partial charge in [0.05, 0.1) is 16.8 Å². The number of hydrogen-bond acceptors (Lipinski definition) is 4. The summed E-state index contributed by atoms with van der Waals surface area (Å²) in [4.78, 5) is 25.2. The third-order valence-electron chi connectivity index (χ3n) is 4.61. The molecule has 5 heteroatoms. The lowest BCUT2D eigenvalue weighted by atomic mass is 9.88. The highest BCUT2D eigenvalue weighted by molar-refractivity contribution is 8.01. The molecule has 1 aliphatic heterocycles. The van der Waals surface area contributed by atoms with E-state index in [-0.39, 0.29) is 23.4 Å². The van der Waals surface area contributed by atoms with Gasteiger partial charge in [0.1, 0.15) is 0 Å². The first-order valence-corrected chi connectivity index (χ1v) is 9.26. The number of fused-ring (bicyclic) bond motifs is 1. The van der Waals surface area contributed by atoms with E-state index in [1.54, 1.807) is 23.9 Å². The molecule has 0 spiro atoms. The van der Waals surface area contributed by atoms with Crippen LogP contribution in [0.3, 0.4) is 0 Å². The van der Waals surface area contributed by atoms with Crippen LogP contribution in [0.1, 0.15) is 48.0 Å². The number of nitrogens with two attached hydrogens (primary N) is 1. The Balaban J connectivity index is 1.81. The number of halogens is 1. The summed E-state index contributed by atoms with van der Waals surface area (Å²) in [6.45, 7) is 1.85. The predicted octanol–water partition coefficient (Wildman–Crippen LogP) is 4.06. The molecule has 1 saturated carbocycles. The van der Waals surface area contributed by atoms with Gasteiger partial charge in [-0.1, -0.05) is 30.2 Å². The molecule has 1 aromatic rings. The molecule has 23 heavy (non-hydrogen) atoms. The number of carbonyl (C=O) groups is 2. The van der Waals surface area contributed by atoms with Crippen LogP contribution in [0.4, 0.5) is 0 Å². The maximum atomic E-state index is 12.7. The summed E-state index contributed by atoms with van der Waals surface area (Å²) in [6, 6.07) is 5.31. The van der Waals surface area contributed by atoms with Gasteiger partial charge in [-0.25, -0.2) is 0 Å². The molecule has 1 heterocycles. The van der Waals surface area contributed by atoms with E-state index in [4.69, 9.17) is 17.3 Å². The molecule has 1 aromatic carbocycles. The Kier molecular flexibility index (Phi) is 4.95. The van der Waals surface area contributed by atoms with Crippen LogP contribution in [0.15, 0.2) is 29.3 Å². The van der Waals surface area contributed by atoms with Crippen LogP contribution >= 0.6 is 23.4 Å². The van der Waals surface area contributed by atoms with Crippen molar-refractivity contribution in [3.63, 3.8) is 0 Å². The Hall–Kier alpha value is -1.10. The number of benzene rings is 1. The first kappa shape index (κ1) is 16.7. The van der Waals surface area contributed by atoms with Gasteiger partial charge < -0.3 is 5.73 Å². The highest BCUT2D eigenvalue weighted by Gasteiger charge is 2.37. The van der Waals surface area contributed by atoms with Gasteiger partial charge in [-0.15, -0.1) is 11.8 Å². The molecule has 0 saturated heterocycles. The van der Waals surface area contributed by atoms with Crippen molar-refractivity contribution < 1.29 is 9.59 Å². The summed E-state index contributed by atoms with van der Waals surface area (Å²) in [7, 11) is 0. The van der Waals surface area contributed by atoms with Crippen molar-refractivity contribution in [2.45, 2.75) is 49.7 Å². The fourth-order valence-electron chi connectivity index (χ4n) is 3.40. The molecule has 122 valence electrons. The zero-order valence-corrected chi connectivity index (χ0v) is 14.7. The summed E-state index contributed by atoms with van der Waals surface area (Å²) in [5, 5.41) is 0.514. The average molecular weight is 350 g/mol. The molecule has 1 aliphatic carbocycles. The van der Waals surface area contributed by atoms with E-state index in [0.29, 0.717) is 21.4 Å². The van der Waals surface area contributed by atoms with Gasteiger partial charge in [-0.05, 0) is 43.4 Å². The summed E-state index contributed by atoms with van der Waals surface area (Å²) in [5.41, 5.74) is 9.29. The number of carbonyl (C=O) groups excluding carboxylic acids is 2. The van der Waals surface area contributed by atoms with Gasteiger partial charge in [-0.2, -0.15) is 0 Å². The molecule has 2 N–H and O–H groups in total. The highest BCUT2D eigenvalue weighted by Crippen LogP contribution is 2.44. The summed E-state index contributed by atoms with van der Waals surface area (Å²) >= 11 is 7.86. The van der Waals surface area contributed by atoms with Crippen LogP contribution in [0.25, 0.3) is 0 Å². The molecule has 2 atom stereocenters. The summed E-state index contributed by atoms with van der Waals surface area (Å²) < 4.78 is 0. The Bertz CT molecular complexity index is 698. The van der Waals surface area contributed by atoms with Crippen molar-refractivity contribution in [3.8, 4) is 0 Å². The Morgan fingerprint density at radius 3 is 2.87 bits per heavy atom. The van der Waals surface area contributed by atoms with E-state index in [9.17, 15) is 9.59 Å². The number of hydrogen-bond donors (Lipinski definition) is 1. The zero-order valence-electron chi connectivity index (χ0n) is 13.1. The first-order chi connectivity index (χ1) is 11.0. The van der Waals surface area contributed by atoms with Crippen LogP contribution in [0.2, 0.25) is 5.02 Å². The number of thioether (sulfide) groups is 1. The van der Waals surface area contributed by atoms with Gasteiger partial charge in [0, 0.05) is 16.4 Å². The van der Waals surface area contributed by atoms with Crippen molar-refractivity contribution in [2.75, 3.05) is 0 Å². The Morgan fingerprint density at radius 2 is 2.09 bits per heavy atom. The van der Waals surface area contributed by atoms with Crippen LogP contribution in [0, 0.1) is 6.92 Å². The predicted molar refractivity (Wildman–Crippen MR) is 95.0 cm³/mol. The van der Waals surface area contributed by atoms with E-state index < -0.39 is 0 Å². The molecule has 0 radical (unpaired) electrons. The molecule has 0 aromatic heterocycles. The molecule has 2 aliphatic rings. The van der Waals surface area contributed by atoms with E-state index in [2.05, 4.69) is 0 Å². The van der Waals surface area contributed by atoms with Crippen LogP contribution in [-0.4, -0.2) is 22.2 Å². The molecule has 2 unspecified atom stereocenters. The topological polar surface area (TPSA) is 60.2 Å². The minimum atomic E-state index is -0.290. The lowest BCUT2D eigenvalue weighted by Gasteiger charge is -2.19. The van der Waals surface area contributed by atoms with Crippen molar-refractivity contribution in [1.82, 2.24) is 0 Å². The Labute approximate surface area is 145 Å². The van der Waals surface area contributed by atoms with E-state index in [1.165, 1.54) is 12.0 Å². The van der Waals surface area contributed by atoms with Gasteiger partial charge in [0.15, 0.2) is 11.6 Å². The molecule has 3 nitrogen and oxygen atoms in total. The maximum absolute atomic E-state index is 12.7. The van der Waals surface area contributed by atoms with E-state index >= 15 is 0 Å². The van der Waals surface area contributed by atoms with Gasteiger partial charge >= 0.3 is 0 Å². The first-order valence-electron chi connectivity index (χ1n) is 7.94. The second-order valence-corrected chi connectivity index (χ2v) is 7.92. The van der Waals surface area contributed by atoms with Crippen molar-refractivity contribution in [1.29, 1.82) is 0 Å².